The second kappa shape index (κ2) is 7.67. The third-order valence-electron chi connectivity index (χ3n) is 4.53. The van der Waals surface area contributed by atoms with E-state index in [9.17, 15) is 14.7 Å². The van der Waals surface area contributed by atoms with Gasteiger partial charge >= 0.3 is 0 Å². The molecule has 0 spiro atoms. The largest absolute Gasteiger partial charge is 0.497 e. The van der Waals surface area contributed by atoms with Gasteiger partial charge in [-0.2, -0.15) is 0 Å². The predicted molar refractivity (Wildman–Crippen MR) is 89.8 cm³/mol. The number of nitrogens with one attached hydrogen (secondary N) is 1. The number of aliphatic hydroxyl groups is 1. The van der Waals surface area contributed by atoms with Gasteiger partial charge < -0.3 is 24.8 Å². The highest BCUT2D eigenvalue weighted by atomic mass is 16.5. The lowest BCUT2D eigenvalue weighted by Crippen LogP contribution is -2.64. The number of methoxy groups -OCH3 is 1. The van der Waals surface area contributed by atoms with E-state index in [0.717, 1.165) is 5.56 Å². The third-order valence-corrected chi connectivity index (χ3v) is 4.53. The fourth-order valence-electron chi connectivity index (χ4n) is 3.10. The number of piperazine rings is 1. The highest BCUT2D eigenvalue weighted by Crippen LogP contribution is 2.23. The summed E-state index contributed by atoms with van der Waals surface area (Å²) in [6, 6.07) is 4.08. The normalized spacial score (nSPS) is 24.8. The van der Waals surface area contributed by atoms with E-state index in [4.69, 9.17) is 9.47 Å². The van der Waals surface area contributed by atoms with Crippen molar-refractivity contribution in [1.82, 2.24) is 10.2 Å². The zero-order valence-electron chi connectivity index (χ0n) is 14.1. The Morgan fingerprint density at radius 3 is 2.92 bits per heavy atom. The number of hydrogen-bond acceptors (Lipinski definition) is 5. The smallest absolute Gasteiger partial charge is 0.246 e. The number of carbonyl (C=O) groups is 2. The number of ether oxygens (including phenoxy) is 2. The summed E-state index contributed by atoms with van der Waals surface area (Å²) in [5.74, 6) is 0.284. The van der Waals surface area contributed by atoms with Gasteiger partial charge in [0.25, 0.3) is 0 Å². The molecule has 4 rings (SSSR count). The molecule has 0 unspecified atom stereocenters. The first-order valence-corrected chi connectivity index (χ1v) is 8.24. The Morgan fingerprint density at radius 1 is 1.32 bits per heavy atom. The lowest BCUT2D eigenvalue weighted by Gasteiger charge is -2.39. The number of aliphatic hydroxyl groups excluding tert-OH is 1. The van der Waals surface area contributed by atoms with Crippen LogP contribution in [0.25, 0.3) is 0 Å². The van der Waals surface area contributed by atoms with Crippen molar-refractivity contribution in [3.63, 3.8) is 0 Å². The molecule has 3 heterocycles. The maximum absolute atomic E-state index is 12.8. The van der Waals surface area contributed by atoms with Crippen LogP contribution >= 0.6 is 0 Å². The Bertz CT molecular complexity index is 688. The topological polar surface area (TPSA) is 88.1 Å². The van der Waals surface area contributed by atoms with E-state index in [1.807, 2.05) is 18.2 Å². The molecule has 2 N–H and O–H groups in total. The fourth-order valence-corrected chi connectivity index (χ4v) is 3.10. The maximum atomic E-state index is 12.8. The molecule has 1 fully saturated rings. The van der Waals surface area contributed by atoms with Crippen LogP contribution in [0.5, 0.6) is 5.75 Å². The molecule has 2 atom stereocenters. The molecule has 1 aromatic rings. The third kappa shape index (κ3) is 3.67. The van der Waals surface area contributed by atoms with Crippen molar-refractivity contribution in [2.24, 2.45) is 0 Å². The minimum absolute atomic E-state index is 0.138. The minimum atomic E-state index is -0.677. The van der Waals surface area contributed by atoms with E-state index in [-0.39, 0.29) is 31.6 Å². The second-order valence-electron chi connectivity index (χ2n) is 6.08. The molecular weight excluding hydrogens is 324 g/mol. The van der Waals surface area contributed by atoms with Crippen LogP contribution in [0.1, 0.15) is 17.5 Å². The van der Waals surface area contributed by atoms with Gasteiger partial charge in [0.1, 0.15) is 17.8 Å². The van der Waals surface area contributed by atoms with Gasteiger partial charge in [-0.25, -0.2) is 0 Å². The van der Waals surface area contributed by atoms with E-state index < -0.39 is 12.1 Å². The average molecular weight is 346 g/mol. The van der Waals surface area contributed by atoms with E-state index in [1.165, 1.54) is 0 Å². The zero-order chi connectivity index (χ0) is 17.8. The Hall–Kier alpha value is -2.38. The summed E-state index contributed by atoms with van der Waals surface area (Å²) in [5.41, 5.74) is 1.45. The molecule has 2 bridgehead atoms. The molecule has 7 nitrogen and oxygen atoms in total. The molecule has 0 radical (unpaired) electrons. The summed E-state index contributed by atoms with van der Waals surface area (Å²) >= 11 is 0. The van der Waals surface area contributed by atoms with Crippen LogP contribution in [0.15, 0.2) is 30.4 Å². The number of fused-ring (bicyclic) bond motifs is 6. The number of nitrogens with zero attached hydrogens (tertiary/aromatic N) is 1. The Labute approximate surface area is 146 Å². The minimum Gasteiger partial charge on any atom is -0.497 e. The van der Waals surface area contributed by atoms with Gasteiger partial charge in [0, 0.05) is 6.54 Å². The molecule has 1 saturated heterocycles. The Kier molecular flexibility index (Phi) is 5.35. The van der Waals surface area contributed by atoms with Crippen LogP contribution in [0.3, 0.4) is 0 Å². The van der Waals surface area contributed by atoms with Crippen molar-refractivity contribution in [2.75, 3.05) is 20.3 Å². The van der Waals surface area contributed by atoms with E-state index in [1.54, 1.807) is 24.1 Å². The summed E-state index contributed by atoms with van der Waals surface area (Å²) in [6.45, 7) is 0.622. The van der Waals surface area contributed by atoms with Crippen LogP contribution in [-0.2, 0) is 27.5 Å². The number of rotatable bonds is 4. The van der Waals surface area contributed by atoms with Gasteiger partial charge in [-0.3, -0.25) is 9.59 Å². The quantitative estimate of drug-likeness (QED) is 0.769. The first kappa shape index (κ1) is 17.4. The molecule has 0 saturated carbocycles. The van der Waals surface area contributed by atoms with Crippen LogP contribution < -0.4 is 10.1 Å². The summed E-state index contributed by atoms with van der Waals surface area (Å²) in [7, 11) is 1.55. The van der Waals surface area contributed by atoms with Gasteiger partial charge in [0.2, 0.25) is 11.8 Å². The molecule has 0 aliphatic carbocycles. The molecule has 2 amide bonds. The molecule has 3 aliphatic heterocycles. The molecular formula is C18H22N2O5. The van der Waals surface area contributed by atoms with Gasteiger partial charge in [0.15, 0.2) is 0 Å². The monoisotopic (exact) mass is 346 g/mol. The van der Waals surface area contributed by atoms with Crippen molar-refractivity contribution in [3.05, 3.63) is 41.5 Å². The van der Waals surface area contributed by atoms with Gasteiger partial charge in [-0.05, 0) is 29.7 Å². The predicted octanol–water partition coefficient (Wildman–Crippen LogP) is 0.360. The number of amides is 2. The van der Waals surface area contributed by atoms with Crippen molar-refractivity contribution < 1.29 is 24.2 Å². The fraction of sp³-hybridized carbons (Fsp3) is 0.444. The Morgan fingerprint density at radius 2 is 2.16 bits per heavy atom. The number of carbonyl (C=O) groups excluding carboxylic acids is 2. The standard InChI is InChI=1S/C18H22N2O5/c1-24-14-6-5-12(13(8-14)10-21)9-20-16-11-25-7-3-2-4-15(18(20)23)19-17(16)22/h2-3,5-6,8,15-16,21H,4,7,9-11H2,1H3,(H,19,22)/b3-2-/t15-,16-/m0/s1. The van der Waals surface area contributed by atoms with Gasteiger partial charge in [-0.15, -0.1) is 0 Å². The van der Waals surface area contributed by atoms with E-state index in [0.29, 0.717) is 24.3 Å². The van der Waals surface area contributed by atoms with Crippen LogP contribution in [-0.4, -0.2) is 54.2 Å². The van der Waals surface area contributed by atoms with Crippen molar-refractivity contribution in [3.8, 4) is 5.75 Å². The van der Waals surface area contributed by atoms with Crippen LogP contribution in [0.4, 0.5) is 0 Å². The molecule has 25 heavy (non-hydrogen) atoms. The highest BCUT2D eigenvalue weighted by molar-refractivity contribution is 5.97. The van der Waals surface area contributed by atoms with Crippen molar-refractivity contribution in [1.29, 1.82) is 0 Å². The van der Waals surface area contributed by atoms with Gasteiger partial charge in [-0.1, -0.05) is 18.2 Å². The van der Waals surface area contributed by atoms with E-state index in [2.05, 4.69) is 5.32 Å². The Balaban J connectivity index is 1.90. The first-order chi connectivity index (χ1) is 12.1. The second-order valence-corrected chi connectivity index (χ2v) is 6.08. The highest BCUT2D eigenvalue weighted by Gasteiger charge is 2.40. The number of hydrogen-bond donors (Lipinski definition) is 2. The summed E-state index contributed by atoms with van der Waals surface area (Å²) in [5, 5.41) is 12.4. The SMILES string of the molecule is COc1ccc(CN2C(=O)[C@@H]3C/C=C\COC[C@H]2C(=O)N3)c(CO)c1. The van der Waals surface area contributed by atoms with Gasteiger partial charge in [0.05, 0.1) is 26.9 Å². The number of benzene rings is 1. The summed E-state index contributed by atoms with van der Waals surface area (Å²) in [4.78, 5) is 26.8. The summed E-state index contributed by atoms with van der Waals surface area (Å²) in [6.07, 6.45) is 4.14. The molecule has 134 valence electrons. The van der Waals surface area contributed by atoms with Crippen LogP contribution in [0, 0.1) is 0 Å². The van der Waals surface area contributed by atoms with Crippen LogP contribution in [0.2, 0.25) is 0 Å². The average Bonchev–Trinajstić information content (AvgIpc) is 2.63. The lowest BCUT2D eigenvalue weighted by atomic mass is 10.0. The zero-order valence-corrected chi connectivity index (χ0v) is 14.1. The van der Waals surface area contributed by atoms with Crippen molar-refractivity contribution >= 4 is 11.8 Å². The summed E-state index contributed by atoms with van der Waals surface area (Å²) < 4.78 is 10.7. The molecule has 0 aromatic heterocycles. The molecule has 7 heteroatoms. The van der Waals surface area contributed by atoms with E-state index >= 15 is 0 Å². The molecule has 1 aromatic carbocycles. The maximum Gasteiger partial charge on any atom is 0.246 e. The molecule has 3 aliphatic rings. The first-order valence-electron chi connectivity index (χ1n) is 8.24. The van der Waals surface area contributed by atoms with Crippen molar-refractivity contribution in [2.45, 2.75) is 31.7 Å². The lowest BCUT2D eigenvalue weighted by molar-refractivity contribution is -0.152.